The molecule has 0 saturated carbocycles. The average molecular weight is 156 g/mol. The van der Waals surface area contributed by atoms with E-state index >= 15 is 0 Å². The van der Waals surface area contributed by atoms with E-state index in [1.807, 2.05) is 21.1 Å². The van der Waals surface area contributed by atoms with Crippen LogP contribution in [0.3, 0.4) is 0 Å². The minimum Gasteiger partial charge on any atom is -0.319 e. The Labute approximate surface area is 68.0 Å². The Kier molecular flexibility index (Phi) is 5.37. The Morgan fingerprint density at radius 3 is 2.55 bits per heavy atom. The van der Waals surface area contributed by atoms with Crippen LogP contribution in [0.5, 0.6) is 0 Å². The van der Waals surface area contributed by atoms with Crippen LogP contribution in [-0.2, 0) is 0 Å². The van der Waals surface area contributed by atoms with Gasteiger partial charge in [0.15, 0.2) is 0 Å². The van der Waals surface area contributed by atoms with Gasteiger partial charge in [0.2, 0.25) is 0 Å². The summed E-state index contributed by atoms with van der Waals surface area (Å²) in [4.78, 5) is 3.78. The molecule has 4 heteroatoms. The molecule has 4 nitrogen and oxygen atoms in total. The van der Waals surface area contributed by atoms with E-state index in [9.17, 15) is 0 Å². The molecule has 0 heterocycles. The van der Waals surface area contributed by atoms with Crippen molar-refractivity contribution in [1.82, 2.24) is 10.3 Å². The van der Waals surface area contributed by atoms with Gasteiger partial charge < -0.3 is 10.3 Å². The maximum absolute atomic E-state index is 4.11. The van der Waals surface area contributed by atoms with Gasteiger partial charge in [-0.15, -0.1) is 0 Å². The molecule has 11 heavy (non-hydrogen) atoms. The zero-order valence-corrected chi connectivity index (χ0v) is 7.46. The molecule has 0 amide bonds. The van der Waals surface area contributed by atoms with Crippen molar-refractivity contribution < 1.29 is 0 Å². The van der Waals surface area contributed by atoms with Crippen molar-refractivity contribution in [3.8, 4) is 0 Å². The molecule has 0 aromatic carbocycles. The largest absolute Gasteiger partial charge is 0.319 e. The van der Waals surface area contributed by atoms with Gasteiger partial charge in [0, 0.05) is 27.1 Å². The molecule has 1 N–H and O–H groups in total. The van der Waals surface area contributed by atoms with Crippen molar-refractivity contribution in [3.63, 3.8) is 0 Å². The minimum absolute atomic E-state index is 0.768. The molecule has 0 radical (unpaired) electrons. The predicted octanol–water partition coefficient (Wildman–Crippen LogP) is 0.172. The van der Waals surface area contributed by atoms with E-state index in [2.05, 4.69) is 22.1 Å². The fraction of sp³-hybridized carbons (Fsp3) is 0.714. The highest BCUT2D eigenvalue weighted by Gasteiger charge is 1.93. The van der Waals surface area contributed by atoms with Crippen molar-refractivity contribution in [2.45, 2.75) is 6.42 Å². The molecule has 0 aliphatic carbocycles. The van der Waals surface area contributed by atoms with E-state index in [1.165, 1.54) is 0 Å². The lowest BCUT2D eigenvalue weighted by Crippen LogP contribution is -2.14. The highest BCUT2D eigenvalue weighted by atomic mass is 15.4. The van der Waals surface area contributed by atoms with Crippen LogP contribution in [0.1, 0.15) is 6.42 Å². The minimum atomic E-state index is 0.768. The van der Waals surface area contributed by atoms with Gasteiger partial charge in [-0.1, -0.05) is 0 Å². The second kappa shape index (κ2) is 5.85. The molecule has 0 fully saturated rings. The normalized spacial score (nSPS) is 11.4. The lowest BCUT2D eigenvalue weighted by Gasteiger charge is -2.06. The molecule has 64 valence electrons. The molecular weight excluding hydrogens is 140 g/mol. The zero-order chi connectivity index (χ0) is 8.69. The van der Waals surface area contributed by atoms with Crippen LogP contribution in [0, 0.1) is 0 Å². The van der Waals surface area contributed by atoms with Gasteiger partial charge >= 0.3 is 0 Å². The molecular formula is C7H16N4. The van der Waals surface area contributed by atoms with Crippen molar-refractivity contribution in [2.24, 2.45) is 10.1 Å². The summed E-state index contributed by atoms with van der Waals surface area (Å²) in [6.45, 7) is 4.31. The average Bonchev–Trinajstić information content (AvgIpc) is 1.97. The first-order valence-corrected chi connectivity index (χ1v) is 3.56. The number of nitrogens with zero attached hydrogens (tertiary/aromatic N) is 3. The summed E-state index contributed by atoms with van der Waals surface area (Å²) in [5.74, 6) is 0.768. The van der Waals surface area contributed by atoms with Crippen molar-refractivity contribution >= 4 is 12.6 Å². The number of amidine groups is 1. The molecule has 0 spiro atoms. The predicted molar refractivity (Wildman–Crippen MR) is 49.2 cm³/mol. The second-order valence-electron chi connectivity index (χ2n) is 2.38. The topological polar surface area (TPSA) is 40.0 Å². The standard InChI is InChI=1S/C7H16N4/c1-8-6-5-7(9-2)10-11(3)4/h8H,2,5-6H2,1,3-4H3/b10-7-. The summed E-state index contributed by atoms with van der Waals surface area (Å²) in [5, 5.41) is 8.85. The third-order valence-corrected chi connectivity index (χ3v) is 1.10. The van der Waals surface area contributed by atoms with Crippen LogP contribution in [0.4, 0.5) is 0 Å². The first-order valence-electron chi connectivity index (χ1n) is 3.56. The smallest absolute Gasteiger partial charge is 0.148 e. The molecule has 0 atom stereocenters. The number of hydrogen-bond acceptors (Lipinski definition) is 3. The number of nitrogens with one attached hydrogen (secondary N) is 1. The Balaban J connectivity index is 3.84. The van der Waals surface area contributed by atoms with E-state index in [1.54, 1.807) is 5.01 Å². The summed E-state index contributed by atoms with van der Waals surface area (Å²) in [7, 11) is 5.63. The van der Waals surface area contributed by atoms with Crippen molar-refractivity contribution in [1.29, 1.82) is 0 Å². The molecule has 0 aromatic rings. The molecule has 0 saturated heterocycles. The Hall–Kier alpha value is -0.900. The lowest BCUT2D eigenvalue weighted by molar-refractivity contribution is 0.435. The van der Waals surface area contributed by atoms with Crippen LogP contribution in [0.25, 0.3) is 0 Å². The van der Waals surface area contributed by atoms with E-state index in [0.717, 1.165) is 18.8 Å². The van der Waals surface area contributed by atoms with Crippen molar-refractivity contribution in [3.05, 3.63) is 0 Å². The Morgan fingerprint density at radius 2 is 2.18 bits per heavy atom. The SMILES string of the molecule is C=N/C(CCNC)=N\N(C)C. The third kappa shape index (κ3) is 5.54. The number of hydrogen-bond donors (Lipinski definition) is 1. The lowest BCUT2D eigenvalue weighted by atomic mass is 10.4. The monoisotopic (exact) mass is 156 g/mol. The number of aliphatic imine (C=N–C) groups is 1. The molecule has 0 aromatic heterocycles. The third-order valence-electron chi connectivity index (χ3n) is 1.10. The zero-order valence-electron chi connectivity index (χ0n) is 7.46. The summed E-state index contributed by atoms with van der Waals surface area (Å²) >= 11 is 0. The van der Waals surface area contributed by atoms with Gasteiger partial charge in [0.1, 0.15) is 5.84 Å². The first-order chi connectivity index (χ1) is 5.20. The van der Waals surface area contributed by atoms with Gasteiger partial charge in [0.25, 0.3) is 0 Å². The van der Waals surface area contributed by atoms with Crippen LogP contribution < -0.4 is 5.32 Å². The van der Waals surface area contributed by atoms with E-state index < -0.39 is 0 Å². The molecule has 0 aliphatic rings. The van der Waals surface area contributed by atoms with Gasteiger partial charge in [-0.05, 0) is 13.8 Å². The maximum Gasteiger partial charge on any atom is 0.148 e. The van der Waals surface area contributed by atoms with Gasteiger partial charge in [-0.25, -0.2) is 4.99 Å². The summed E-state index contributed by atoms with van der Waals surface area (Å²) in [6.07, 6.45) is 0.818. The quantitative estimate of drug-likeness (QED) is 0.358. The molecule has 0 aliphatic heterocycles. The molecule has 0 bridgehead atoms. The van der Waals surface area contributed by atoms with Gasteiger partial charge in [-0.3, -0.25) is 0 Å². The molecule has 0 rings (SSSR count). The highest BCUT2D eigenvalue weighted by Crippen LogP contribution is 1.88. The summed E-state index contributed by atoms with van der Waals surface area (Å²) < 4.78 is 0. The number of rotatable bonds is 4. The highest BCUT2D eigenvalue weighted by molar-refractivity contribution is 5.86. The van der Waals surface area contributed by atoms with Crippen molar-refractivity contribution in [2.75, 3.05) is 27.7 Å². The van der Waals surface area contributed by atoms with E-state index in [0.29, 0.717) is 0 Å². The Morgan fingerprint density at radius 1 is 1.55 bits per heavy atom. The van der Waals surface area contributed by atoms with E-state index in [4.69, 9.17) is 0 Å². The number of hydrazone groups is 1. The van der Waals surface area contributed by atoms with Crippen LogP contribution in [-0.4, -0.2) is 45.2 Å². The van der Waals surface area contributed by atoms with Crippen LogP contribution in [0.2, 0.25) is 0 Å². The van der Waals surface area contributed by atoms with E-state index in [-0.39, 0.29) is 0 Å². The Bertz CT molecular complexity index is 139. The van der Waals surface area contributed by atoms with Crippen LogP contribution >= 0.6 is 0 Å². The molecule has 0 unspecified atom stereocenters. The summed E-state index contributed by atoms with van der Waals surface area (Å²) in [6, 6.07) is 0. The fourth-order valence-corrected chi connectivity index (χ4v) is 0.628. The van der Waals surface area contributed by atoms with Crippen LogP contribution in [0.15, 0.2) is 10.1 Å². The van der Waals surface area contributed by atoms with Gasteiger partial charge in [0.05, 0.1) is 0 Å². The second-order valence-corrected chi connectivity index (χ2v) is 2.38. The maximum atomic E-state index is 4.11. The first kappa shape index (κ1) is 10.1. The fourth-order valence-electron chi connectivity index (χ4n) is 0.628. The summed E-state index contributed by atoms with van der Waals surface area (Å²) in [5.41, 5.74) is 0. The van der Waals surface area contributed by atoms with Gasteiger partial charge in [-0.2, -0.15) is 5.10 Å².